The summed E-state index contributed by atoms with van der Waals surface area (Å²) in [7, 11) is -3.15. The average Bonchev–Trinajstić information content (AvgIpc) is 2.71. The lowest BCUT2D eigenvalue weighted by Crippen LogP contribution is -2.28. The molecule has 1 atom stereocenters. The molecule has 1 aliphatic rings. The Morgan fingerprint density at radius 1 is 1.43 bits per heavy atom. The van der Waals surface area contributed by atoms with Crippen LogP contribution in [0.25, 0.3) is 0 Å². The number of benzene rings is 1. The van der Waals surface area contributed by atoms with Crippen LogP contribution in [0, 0.1) is 0 Å². The number of anilines is 1. The van der Waals surface area contributed by atoms with E-state index in [-0.39, 0.29) is 17.7 Å². The van der Waals surface area contributed by atoms with Gasteiger partial charge >= 0.3 is 0 Å². The van der Waals surface area contributed by atoms with Crippen molar-refractivity contribution in [2.45, 2.75) is 25.8 Å². The van der Waals surface area contributed by atoms with Gasteiger partial charge < -0.3 is 10.6 Å². The van der Waals surface area contributed by atoms with E-state index in [2.05, 4.69) is 10.6 Å². The van der Waals surface area contributed by atoms with Crippen molar-refractivity contribution >= 4 is 33.0 Å². The molecule has 5 nitrogen and oxygen atoms in total. The quantitative estimate of drug-likeness (QED) is 0.835. The molecule has 1 aromatic carbocycles. The minimum Gasteiger partial charge on any atom is -0.325 e. The number of carbonyl (C=O) groups is 1. The van der Waals surface area contributed by atoms with Crippen LogP contribution in [0.4, 0.5) is 5.69 Å². The second kappa shape index (κ2) is 6.34. The normalized spacial score (nSPS) is 15.7. The lowest BCUT2D eigenvalue weighted by atomic mass is 10.0. The molecule has 2 N–H and O–H groups in total. The number of fused-ring (bicyclic) bond motifs is 1. The van der Waals surface area contributed by atoms with Crippen LogP contribution in [0.3, 0.4) is 0 Å². The fraction of sp³-hybridized carbons (Fsp3) is 0.500. The third-order valence-electron chi connectivity index (χ3n) is 3.33. The van der Waals surface area contributed by atoms with Gasteiger partial charge in [-0.2, -0.15) is 0 Å². The summed E-state index contributed by atoms with van der Waals surface area (Å²) in [4.78, 5) is 11.4. The van der Waals surface area contributed by atoms with E-state index in [0.29, 0.717) is 23.7 Å². The first-order valence-corrected chi connectivity index (χ1v) is 9.27. The Morgan fingerprint density at radius 3 is 2.76 bits per heavy atom. The van der Waals surface area contributed by atoms with Gasteiger partial charge in [0.25, 0.3) is 0 Å². The summed E-state index contributed by atoms with van der Waals surface area (Å²) < 4.78 is 23.3. The van der Waals surface area contributed by atoms with Crippen molar-refractivity contribution in [2.24, 2.45) is 0 Å². The highest BCUT2D eigenvalue weighted by molar-refractivity contribution is 7.90. The third-order valence-corrected chi connectivity index (χ3v) is 4.60. The summed E-state index contributed by atoms with van der Waals surface area (Å²) in [6.45, 7) is 2.71. The van der Waals surface area contributed by atoms with Crippen LogP contribution in [-0.2, 0) is 21.1 Å². The maximum atomic E-state index is 11.6. The van der Waals surface area contributed by atoms with Crippen LogP contribution in [0.5, 0.6) is 0 Å². The van der Waals surface area contributed by atoms with Crippen molar-refractivity contribution in [2.75, 3.05) is 23.9 Å². The molecule has 0 aliphatic carbocycles. The Kier molecular flexibility index (Phi) is 4.91. The molecule has 1 heterocycles. The summed E-state index contributed by atoms with van der Waals surface area (Å²) in [5.74, 6) is -0.0910. The highest BCUT2D eigenvalue weighted by Crippen LogP contribution is 2.33. The second-order valence-electron chi connectivity index (χ2n) is 5.35. The molecule has 1 aliphatic heterocycles. The molecule has 21 heavy (non-hydrogen) atoms. The van der Waals surface area contributed by atoms with Gasteiger partial charge in [0.05, 0.1) is 12.2 Å². The molecule has 1 aromatic rings. The second-order valence-corrected chi connectivity index (χ2v) is 7.95. The van der Waals surface area contributed by atoms with E-state index >= 15 is 0 Å². The number of rotatable bonds is 6. The minimum absolute atomic E-state index is 0.0210. The average molecular weight is 331 g/mol. The highest BCUT2D eigenvalue weighted by atomic mass is 35.5. The first-order valence-electron chi connectivity index (χ1n) is 6.83. The molecule has 7 heteroatoms. The third kappa shape index (κ3) is 4.18. The van der Waals surface area contributed by atoms with Gasteiger partial charge in [-0.3, -0.25) is 4.79 Å². The van der Waals surface area contributed by atoms with Crippen molar-refractivity contribution in [1.82, 2.24) is 5.32 Å². The van der Waals surface area contributed by atoms with E-state index < -0.39 is 9.84 Å². The van der Waals surface area contributed by atoms with Crippen molar-refractivity contribution in [3.05, 3.63) is 28.3 Å². The number of halogens is 1. The summed E-state index contributed by atoms with van der Waals surface area (Å²) in [5, 5.41) is 6.42. The molecule has 0 saturated carbocycles. The number of amides is 1. The van der Waals surface area contributed by atoms with E-state index in [1.165, 1.54) is 6.26 Å². The van der Waals surface area contributed by atoms with E-state index in [0.717, 1.165) is 17.5 Å². The molecule has 0 spiro atoms. The zero-order valence-corrected chi connectivity index (χ0v) is 13.6. The maximum Gasteiger partial charge on any atom is 0.228 e. The molecule has 2 rings (SSSR count). The number of hydrogen-bond donors (Lipinski definition) is 2. The fourth-order valence-corrected chi connectivity index (χ4v) is 3.61. The van der Waals surface area contributed by atoms with E-state index in [9.17, 15) is 13.2 Å². The van der Waals surface area contributed by atoms with Gasteiger partial charge in [0.1, 0.15) is 9.84 Å². The Labute approximate surface area is 130 Å². The van der Waals surface area contributed by atoms with Gasteiger partial charge in [-0.25, -0.2) is 8.42 Å². The van der Waals surface area contributed by atoms with Crippen LogP contribution in [0.15, 0.2) is 12.1 Å². The van der Waals surface area contributed by atoms with Gasteiger partial charge in [-0.15, -0.1) is 0 Å². The molecule has 0 aromatic heterocycles. The minimum atomic E-state index is -3.15. The van der Waals surface area contributed by atoms with Crippen LogP contribution < -0.4 is 10.6 Å². The van der Waals surface area contributed by atoms with E-state index in [1.54, 1.807) is 6.07 Å². The van der Waals surface area contributed by atoms with Crippen LogP contribution in [-0.4, -0.2) is 32.9 Å². The number of hydrogen-bond acceptors (Lipinski definition) is 4. The summed E-state index contributed by atoms with van der Waals surface area (Å²) in [5.41, 5.74) is 2.30. The van der Waals surface area contributed by atoms with Gasteiger partial charge in [0.2, 0.25) is 5.91 Å². The first kappa shape index (κ1) is 16.3. The van der Waals surface area contributed by atoms with Crippen LogP contribution >= 0.6 is 11.6 Å². The topological polar surface area (TPSA) is 75.3 Å². The lowest BCUT2D eigenvalue weighted by molar-refractivity contribution is -0.115. The molecule has 0 radical (unpaired) electrons. The highest BCUT2D eigenvalue weighted by Gasteiger charge is 2.24. The smallest absolute Gasteiger partial charge is 0.228 e. The van der Waals surface area contributed by atoms with Crippen molar-refractivity contribution in [3.63, 3.8) is 0 Å². The van der Waals surface area contributed by atoms with Gasteiger partial charge in [0.15, 0.2) is 0 Å². The van der Waals surface area contributed by atoms with E-state index in [4.69, 9.17) is 11.6 Å². The van der Waals surface area contributed by atoms with Crippen LogP contribution in [0.1, 0.15) is 30.5 Å². The SMILES string of the molecule is CCCNC(CS(C)(=O)=O)c1cc2c(cc1Cl)NC(=O)C2. The van der Waals surface area contributed by atoms with E-state index in [1.807, 2.05) is 13.0 Å². The largest absolute Gasteiger partial charge is 0.325 e. The molecule has 0 saturated heterocycles. The maximum absolute atomic E-state index is 11.6. The Hall–Kier alpha value is -1.11. The van der Waals surface area contributed by atoms with Crippen molar-refractivity contribution in [1.29, 1.82) is 0 Å². The summed E-state index contributed by atoms with van der Waals surface area (Å²) >= 11 is 6.27. The van der Waals surface area contributed by atoms with Crippen molar-refractivity contribution in [3.8, 4) is 0 Å². The predicted molar refractivity (Wildman–Crippen MR) is 84.5 cm³/mol. The van der Waals surface area contributed by atoms with Gasteiger partial charge in [-0.1, -0.05) is 24.6 Å². The number of sulfone groups is 1. The molecule has 0 bridgehead atoms. The monoisotopic (exact) mass is 330 g/mol. The molecular formula is C14H19ClN2O3S. The first-order chi connectivity index (χ1) is 9.80. The zero-order chi connectivity index (χ0) is 15.6. The molecule has 1 unspecified atom stereocenters. The summed E-state index contributed by atoms with van der Waals surface area (Å²) in [6.07, 6.45) is 2.40. The Balaban J connectivity index is 2.35. The van der Waals surface area contributed by atoms with Gasteiger partial charge in [-0.05, 0) is 30.2 Å². The van der Waals surface area contributed by atoms with Crippen molar-refractivity contribution < 1.29 is 13.2 Å². The standard InChI is InChI=1S/C14H19ClN2O3S/c1-3-4-16-13(8-21(2,19)20)10-5-9-6-14(18)17-12(9)7-11(10)15/h5,7,13,16H,3-4,6,8H2,1-2H3,(H,17,18). The molecule has 1 amide bonds. The zero-order valence-electron chi connectivity index (χ0n) is 12.1. The number of nitrogens with one attached hydrogen (secondary N) is 2. The molecule has 0 fully saturated rings. The molecular weight excluding hydrogens is 312 g/mol. The van der Waals surface area contributed by atoms with Crippen LogP contribution in [0.2, 0.25) is 5.02 Å². The Bertz CT molecular complexity index is 658. The predicted octanol–water partition coefficient (Wildman–Crippen LogP) is 1.92. The lowest BCUT2D eigenvalue weighted by Gasteiger charge is -2.20. The Morgan fingerprint density at radius 2 is 2.14 bits per heavy atom. The van der Waals surface area contributed by atoms with Gasteiger partial charge in [0, 0.05) is 23.0 Å². The summed E-state index contributed by atoms with van der Waals surface area (Å²) in [6, 6.07) is 3.15. The number of carbonyl (C=O) groups excluding carboxylic acids is 1. The fourth-order valence-electron chi connectivity index (χ4n) is 2.41. The molecule has 116 valence electrons.